The normalized spacial score (nSPS) is 36.3. The Morgan fingerprint density at radius 1 is 1.24 bits per heavy atom. The number of carbonyl (C=O) groups is 1. The minimum atomic E-state index is -0.304. The van der Waals surface area contributed by atoms with Gasteiger partial charge in [0.1, 0.15) is 17.7 Å². The van der Waals surface area contributed by atoms with Gasteiger partial charge in [-0.05, 0) is 24.3 Å². The monoisotopic (exact) mass is 282 g/mol. The summed E-state index contributed by atoms with van der Waals surface area (Å²) in [6.07, 6.45) is 2.29. The molecule has 108 valence electrons. The van der Waals surface area contributed by atoms with E-state index >= 15 is 0 Å². The second kappa shape index (κ2) is 4.30. The number of amides is 1. The maximum Gasteiger partial charge on any atom is 0.236 e. The van der Waals surface area contributed by atoms with Crippen LogP contribution in [0.1, 0.15) is 18.4 Å². The summed E-state index contributed by atoms with van der Waals surface area (Å²) in [7, 11) is 0. The minimum Gasteiger partial charge on any atom is -0.368 e. The maximum absolute atomic E-state index is 11.6. The lowest BCUT2D eigenvalue weighted by atomic mass is 9.93. The predicted octanol–water partition coefficient (Wildman–Crippen LogP) is 0.627. The summed E-state index contributed by atoms with van der Waals surface area (Å²) in [6, 6.07) is 12.4. The Bertz CT molecular complexity index is 621. The van der Waals surface area contributed by atoms with Crippen molar-refractivity contribution >= 4 is 5.91 Å². The van der Waals surface area contributed by atoms with Gasteiger partial charge in [-0.15, -0.1) is 0 Å². The van der Waals surface area contributed by atoms with Gasteiger partial charge < -0.3 is 5.73 Å². The summed E-state index contributed by atoms with van der Waals surface area (Å²) < 4.78 is 0. The van der Waals surface area contributed by atoms with E-state index in [-0.39, 0.29) is 23.7 Å². The van der Waals surface area contributed by atoms with E-state index in [9.17, 15) is 10.1 Å². The fraction of sp³-hybridized carbons (Fsp3) is 0.500. The number of primary amides is 1. The van der Waals surface area contributed by atoms with E-state index < -0.39 is 0 Å². The Hall–Kier alpha value is -1.90. The van der Waals surface area contributed by atoms with E-state index in [1.165, 1.54) is 5.56 Å². The van der Waals surface area contributed by atoms with Gasteiger partial charge in [0, 0.05) is 13.1 Å². The smallest absolute Gasteiger partial charge is 0.236 e. The standard InChI is InChI=1S/C16H18N4O/c17-8-13-9-19(13)16(12-6-7-12,11-4-2-1-3-5-11)20-10-14(20)15(18)21/h1-5,12-14H,6-7,9-10H2,(H2,18,21). The molecular weight excluding hydrogens is 264 g/mol. The van der Waals surface area contributed by atoms with Crippen LogP contribution in [-0.4, -0.2) is 40.9 Å². The van der Waals surface area contributed by atoms with Crippen molar-refractivity contribution < 1.29 is 4.79 Å². The lowest BCUT2D eigenvalue weighted by Gasteiger charge is -2.39. The zero-order valence-electron chi connectivity index (χ0n) is 11.8. The van der Waals surface area contributed by atoms with Crippen molar-refractivity contribution in [1.82, 2.24) is 9.80 Å². The van der Waals surface area contributed by atoms with Gasteiger partial charge in [0.15, 0.2) is 0 Å². The molecule has 3 aliphatic rings. The van der Waals surface area contributed by atoms with Gasteiger partial charge in [-0.25, -0.2) is 0 Å². The van der Waals surface area contributed by atoms with Crippen molar-refractivity contribution in [2.24, 2.45) is 11.7 Å². The summed E-state index contributed by atoms with van der Waals surface area (Å²) in [6.45, 7) is 1.49. The number of benzene rings is 1. The molecule has 5 atom stereocenters. The van der Waals surface area contributed by atoms with Crippen LogP contribution in [0.5, 0.6) is 0 Å². The summed E-state index contributed by atoms with van der Waals surface area (Å²) in [5.74, 6) is 0.230. The maximum atomic E-state index is 11.6. The van der Waals surface area contributed by atoms with Crippen LogP contribution in [0, 0.1) is 17.2 Å². The van der Waals surface area contributed by atoms with Crippen LogP contribution < -0.4 is 5.73 Å². The number of hydrogen-bond donors (Lipinski definition) is 1. The zero-order valence-corrected chi connectivity index (χ0v) is 11.8. The Kier molecular flexibility index (Phi) is 2.62. The van der Waals surface area contributed by atoms with Crippen LogP contribution in [0.15, 0.2) is 30.3 Å². The summed E-state index contributed by atoms with van der Waals surface area (Å²) in [4.78, 5) is 16.0. The third-order valence-electron chi connectivity index (χ3n) is 4.92. The van der Waals surface area contributed by atoms with E-state index in [2.05, 4.69) is 28.0 Å². The Labute approximate surface area is 123 Å². The van der Waals surface area contributed by atoms with E-state index in [0.717, 1.165) is 19.4 Å². The molecule has 5 nitrogen and oxygen atoms in total. The highest BCUT2D eigenvalue weighted by Gasteiger charge is 2.67. The first-order valence-electron chi connectivity index (χ1n) is 7.47. The molecular formula is C16H18N4O. The summed E-state index contributed by atoms with van der Waals surface area (Å²) in [5, 5.41) is 9.26. The van der Waals surface area contributed by atoms with Gasteiger partial charge in [0.25, 0.3) is 0 Å². The van der Waals surface area contributed by atoms with Crippen LogP contribution in [-0.2, 0) is 10.5 Å². The number of nitriles is 1. The summed E-state index contributed by atoms with van der Waals surface area (Å²) in [5.41, 5.74) is 6.39. The third-order valence-corrected chi connectivity index (χ3v) is 4.92. The molecule has 1 aromatic carbocycles. The number of hydrogen-bond acceptors (Lipinski definition) is 4. The van der Waals surface area contributed by atoms with Crippen LogP contribution in [0.2, 0.25) is 0 Å². The van der Waals surface area contributed by atoms with Gasteiger partial charge in [0.05, 0.1) is 6.07 Å². The SMILES string of the molecule is N#CC1CN1C(c1ccccc1)(C1CC1)N1CC1C(N)=O. The lowest BCUT2D eigenvalue weighted by Crippen LogP contribution is -2.48. The molecule has 1 amide bonds. The van der Waals surface area contributed by atoms with Crippen LogP contribution in [0.25, 0.3) is 0 Å². The average molecular weight is 282 g/mol. The Morgan fingerprint density at radius 2 is 1.95 bits per heavy atom. The molecule has 0 spiro atoms. The molecule has 3 fully saturated rings. The fourth-order valence-electron chi connectivity index (χ4n) is 3.76. The molecule has 2 aliphatic heterocycles. The first-order valence-corrected chi connectivity index (χ1v) is 7.47. The predicted molar refractivity (Wildman–Crippen MR) is 76.6 cm³/mol. The molecule has 5 heteroatoms. The quantitative estimate of drug-likeness (QED) is 0.804. The van der Waals surface area contributed by atoms with Crippen molar-refractivity contribution in [3.63, 3.8) is 0 Å². The van der Waals surface area contributed by atoms with E-state index in [0.29, 0.717) is 12.5 Å². The molecule has 1 aliphatic carbocycles. The first kappa shape index (κ1) is 12.8. The second-order valence-electron chi connectivity index (χ2n) is 6.23. The molecule has 0 radical (unpaired) electrons. The second-order valence-corrected chi connectivity index (χ2v) is 6.23. The molecule has 4 rings (SSSR count). The van der Waals surface area contributed by atoms with Gasteiger partial charge in [-0.1, -0.05) is 30.3 Å². The van der Waals surface area contributed by atoms with Crippen molar-refractivity contribution in [3.05, 3.63) is 35.9 Å². The van der Waals surface area contributed by atoms with Crippen molar-refractivity contribution in [2.45, 2.75) is 30.6 Å². The summed E-state index contributed by atoms with van der Waals surface area (Å²) >= 11 is 0. The minimum absolute atomic E-state index is 0.0417. The van der Waals surface area contributed by atoms with Crippen molar-refractivity contribution in [1.29, 1.82) is 5.26 Å². The number of rotatable bonds is 5. The van der Waals surface area contributed by atoms with E-state index in [4.69, 9.17) is 5.73 Å². The molecule has 2 heterocycles. The molecule has 0 aromatic heterocycles. The molecule has 5 unspecified atom stereocenters. The molecule has 2 saturated heterocycles. The van der Waals surface area contributed by atoms with Crippen LogP contribution in [0.4, 0.5) is 0 Å². The van der Waals surface area contributed by atoms with Gasteiger partial charge >= 0.3 is 0 Å². The van der Waals surface area contributed by atoms with Gasteiger partial charge in [0.2, 0.25) is 5.91 Å². The molecule has 0 bridgehead atoms. The zero-order chi connectivity index (χ0) is 14.6. The molecule has 21 heavy (non-hydrogen) atoms. The first-order chi connectivity index (χ1) is 10.2. The Balaban J connectivity index is 1.78. The highest BCUT2D eigenvalue weighted by molar-refractivity contribution is 5.83. The Morgan fingerprint density at radius 3 is 2.43 bits per heavy atom. The van der Waals surface area contributed by atoms with Crippen LogP contribution in [0.3, 0.4) is 0 Å². The highest BCUT2D eigenvalue weighted by Crippen LogP contribution is 2.58. The average Bonchev–Trinajstić information content (AvgIpc) is 3.38. The topological polar surface area (TPSA) is 72.9 Å². The number of nitrogens with two attached hydrogens (primary N) is 1. The third kappa shape index (κ3) is 1.80. The molecule has 1 aromatic rings. The van der Waals surface area contributed by atoms with E-state index in [1.54, 1.807) is 0 Å². The van der Waals surface area contributed by atoms with Gasteiger partial charge in [-0.3, -0.25) is 14.6 Å². The lowest BCUT2D eigenvalue weighted by molar-refractivity contribution is -0.119. The van der Waals surface area contributed by atoms with Crippen molar-refractivity contribution in [3.8, 4) is 6.07 Å². The fourth-order valence-corrected chi connectivity index (χ4v) is 3.76. The van der Waals surface area contributed by atoms with Crippen molar-refractivity contribution in [2.75, 3.05) is 13.1 Å². The van der Waals surface area contributed by atoms with Crippen LogP contribution >= 0.6 is 0 Å². The highest BCUT2D eigenvalue weighted by atomic mass is 16.2. The van der Waals surface area contributed by atoms with E-state index in [1.807, 2.05) is 18.2 Å². The number of carbonyl (C=O) groups excluding carboxylic acids is 1. The van der Waals surface area contributed by atoms with Gasteiger partial charge in [-0.2, -0.15) is 5.26 Å². The molecule has 1 saturated carbocycles. The molecule has 2 N–H and O–H groups in total. The largest absolute Gasteiger partial charge is 0.368 e. The number of nitrogens with zero attached hydrogens (tertiary/aromatic N) is 3.